The molecule has 112 valence electrons. The first kappa shape index (κ1) is 15.2. The molecular weight excluding hydrogens is 294 g/mol. The van der Waals surface area contributed by atoms with Crippen LogP contribution in [0.2, 0.25) is 0 Å². The van der Waals surface area contributed by atoms with E-state index in [0.717, 1.165) is 17.5 Å². The lowest BCUT2D eigenvalue weighted by Gasteiger charge is -2.04. The van der Waals surface area contributed by atoms with E-state index < -0.39 is 11.9 Å². The van der Waals surface area contributed by atoms with Gasteiger partial charge in [-0.2, -0.15) is 0 Å². The minimum Gasteiger partial charge on any atom is -0.467 e. The highest BCUT2D eigenvalue weighted by molar-refractivity contribution is 7.99. The average molecular weight is 309 g/mol. The van der Waals surface area contributed by atoms with E-state index in [1.54, 1.807) is 19.1 Å². The second-order valence-corrected chi connectivity index (χ2v) is 5.15. The third-order valence-corrected chi connectivity index (χ3v) is 3.42. The van der Waals surface area contributed by atoms with Crippen LogP contribution in [0.5, 0.6) is 0 Å². The Morgan fingerprint density at radius 2 is 2.19 bits per heavy atom. The molecule has 0 bridgehead atoms. The monoisotopic (exact) mass is 309 g/mol. The van der Waals surface area contributed by atoms with Crippen molar-refractivity contribution in [1.82, 2.24) is 15.6 Å². The van der Waals surface area contributed by atoms with E-state index in [1.807, 2.05) is 6.92 Å². The Hall–Kier alpha value is -2.22. The van der Waals surface area contributed by atoms with Crippen molar-refractivity contribution < 1.29 is 18.4 Å². The number of amides is 3. The molecule has 2 aromatic heterocycles. The quantitative estimate of drug-likeness (QED) is 0.820. The van der Waals surface area contributed by atoms with Crippen molar-refractivity contribution in [3.8, 4) is 0 Å². The zero-order valence-electron chi connectivity index (χ0n) is 11.6. The Balaban J connectivity index is 1.70. The van der Waals surface area contributed by atoms with E-state index in [9.17, 15) is 9.59 Å². The largest absolute Gasteiger partial charge is 0.467 e. The number of hydrogen-bond acceptors (Lipinski definition) is 6. The van der Waals surface area contributed by atoms with E-state index in [0.29, 0.717) is 16.7 Å². The van der Waals surface area contributed by atoms with Crippen LogP contribution in [0.4, 0.5) is 4.79 Å². The molecule has 21 heavy (non-hydrogen) atoms. The fourth-order valence-electron chi connectivity index (χ4n) is 1.42. The Morgan fingerprint density at radius 1 is 1.38 bits per heavy atom. The third-order valence-electron chi connectivity index (χ3n) is 2.59. The second-order valence-electron chi connectivity index (χ2n) is 4.22. The van der Waals surface area contributed by atoms with Crippen LogP contribution in [0.15, 0.2) is 32.5 Å². The molecule has 0 fully saturated rings. The SMILES string of the molecule is Cc1nc(SCC(=O)NC(=O)NCc2ccco2)oc1C. The number of carbonyl (C=O) groups excluding carboxylic acids is 2. The number of aryl methyl sites for hydroxylation is 2. The molecule has 0 radical (unpaired) electrons. The van der Waals surface area contributed by atoms with Crippen molar-refractivity contribution in [1.29, 1.82) is 0 Å². The summed E-state index contributed by atoms with van der Waals surface area (Å²) in [4.78, 5) is 27.2. The van der Waals surface area contributed by atoms with Crippen molar-refractivity contribution >= 4 is 23.7 Å². The Bertz CT molecular complexity index is 602. The molecule has 0 aliphatic heterocycles. The maximum Gasteiger partial charge on any atom is 0.321 e. The van der Waals surface area contributed by atoms with Gasteiger partial charge in [-0.15, -0.1) is 0 Å². The Morgan fingerprint density at radius 3 is 2.81 bits per heavy atom. The van der Waals surface area contributed by atoms with Gasteiger partial charge in [-0.05, 0) is 26.0 Å². The Labute approximate surface area is 125 Å². The van der Waals surface area contributed by atoms with E-state index in [1.165, 1.54) is 6.26 Å². The number of rotatable bonds is 5. The van der Waals surface area contributed by atoms with E-state index in [2.05, 4.69) is 15.6 Å². The average Bonchev–Trinajstić information content (AvgIpc) is 3.05. The number of thioether (sulfide) groups is 1. The number of oxazole rings is 1. The minimum atomic E-state index is -0.572. The molecule has 7 nitrogen and oxygen atoms in total. The lowest BCUT2D eigenvalue weighted by atomic mass is 10.4. The number of carbonyl (C=O) groups is 2. The summed E-state index contributed by atoms with van der Waals surface area (Å²) < 4.78 is 10.4. The smallest absolute Gasteiger partial charge is 0.321 e. The van der Waals surface area contributed by atoms with Crippen LogP contribution in [0.25, 0.3) is 0 Å². The third kappa shape index (κ3) is 4.67. The summed E-state index contributed by atoms with van der Waals surface area (Å²) in [7, 11) is 0. The van der Waals surface area contributed by atoms with Crippen LogP contribution in [0.3, 0.4) is 0 Å². The fourth-order valence-corrected chi connectivity index (χ4v) is 2.13. The van der Waals surface area contributed by atoms with Crippen molar-refractivity contribution in [3.63, 3.8) is 0 Å². The van der Waals surface area contributed by atoms with Gasteiger partial charge in [0.1, 0.15) is 11.5 Å². The van der Waals surface area contributed by atoms with Crippen LogP contribution in [0.1, 0.15) is 17.2 Å². The summed E-state index contributed by atoms with van der Waals surface area (Å²) in [5.41, 5.74) is 0.786. The van der Waals surface area contributed by atoms with Crippen LogP contribution in [0, 0.1) is 13.8 Å². The highest BCUT2D eigenvalue weighted by Gasteiger charge is 2.11. The van der Waals surface area contributed by atoms with Gasteiger partial charge in [0.25, 0.3) is 5.22 Å². The van der Waals surface area contributed by atoms with Crippen LogP contribution in [-0.2, 0) is 11.3 Å². The lowest BCUT2D eigenvalue weighted by molar-refractivity contribution is -0.117. The molecule has 2 aromatic rings. The molecule has 0 saturated heterocycles. The van der Waals surface area contributed by atoms with E-state index in [-0.39, 0.29) is 12.3 Å². The molecular formula is C13H15N3O4S. The molecule has 0 aromatic carbocycles. The molecule has 8 heteroatoms. The minimum absolute atomic E-state index is 0.0492. The standard InChI is InChI=1S/C13H15N3O4S/c1-8-9(2)20-13(15-8)21-7-11(17)16-12(18)14-6-10-4-3-5-19-10/h3-5H,6-7H2,1-2H3,(H2,14,16,17,18). The predicted molar refractivity (Wildman–Crippen MR) is 75.8 cm³/mol. The van der Waals surface area contributed by atoms with Gasteiger partial charge in [0.15, 0.2) is 0 Å². The van der Waals surface area contributed by atoms with E-state index >= 15 is 0 Å². The van der Waals surface area contributed by atoms with Crippen LogP contribution in [-0.4, -0.2) is 22.7 Å². The topological polar surface area (TPSA) is 97.4 Å². The summed E-state index contributed by atoms with van der Waals surface area (Å²) in [6, 6.07) is 2.87. The first-order valence-electron chi connectivity index (χ1n) is 6.21. The van der Waals surface area contributed by atoms with Gasteiger partial charge in [0, 0.05) is 0 Å². The van der Waals surface area contributed by atoms with Gasteiger partial charge in [-0.1, -0.05) is 11.8 Å². The highest BCUT2D eigenvalue weighted by Crippen LogP contribution is 2.19. The number of furan rings is 1. The highest BCUT2D eigenvalue weighted by atomic mass is 32.2. The summed E-state index contributed by atoms with van der Waals surface area (Å²) >= 11 is 1.13. The Kier molecular flexibility index (Phi) is 5.04. The van der Waals surface area contributed by atoms with Crippen molar-refractivity contribution in [2.75, 3.05) is 5.75 Å². The summed E-state index contributed by atoms with van der Waals surface area (Å²) in [5.74, 6) is 0.949. The first-order valence-corrected chi connectivity index (χ1v) is 7.20. The zero-order valence-corrected chi connectivity index (χ0v) is 12.5. The molecule has 2 rings (SSSR count). The molecule has 0 atom stereocenters. The van der Waals surface area contributed by atoms with Crippen LogP contribution >= 0.6 is 11.8 Å². The van der Waals surface area contributed by atoms with Crippen molar-refractivity contribution in [2.45, 2.75) is 25.6 Å². The molecule has 0 unspecified atom stereocenters. The number of aromatic nitrogens is 1. The molecule has 0 aliphatic carbocycles. The van der Waals surface area contributed by atoms with Crippen LogP contribution < -0.4 is 10.6 Å². The zero-order chi connectivity index (χ0) is 15.2. The van der Waals surface area contributed by atoms with Gasteiger partial charge < -0.3 is 14.2 Å². The summed E-state index contributed by atoms with van der Waals surface area (Å²) in [6.07, 6.45) is 1.51. The predicted octanol–water partition coefficient (Wildman–Crippen LogP) is 2.00. The van der Waals surface area contributed by atoms with Gasteiger partial charge in [-0.3, -0.25) is 10.1 Å². The van der Waals surface area contributed by atoms with Gasteiger partial charge in [0.2, 0.25) is 5.91 Å². The fraction of sp³-hybridized carbons (Fsp3) is 0.308. The van der Waals surface area contributed by atoms with E-state index in [4.69, 9.17) is 8.83 Å². The van der Waals surface area contributed by atoms with Gasteiger partial charge >= 0.3 is 6.03 Å². The normalized spacial score (nSPS) is 10.4. The summed E-state index contributed by atoms with van der Waals surface area (Å²) in [6.45, 7) is 3.84. The molecule has 2 N–H and O–H groups in total. The number of nitrogens with zero attached hydrogens (tertiary/aromatic N) is 1. The maximum absolute atomic E-state index is 11.6. The maximum atomic E-state index is 11.6. The number of nitrogens with one attached hydrogen (secondary N) is 2. The molecule has 2 heterocycles. The number of hydrogen-bond donors (Lipinski definition) is 2. The lowest BCUT2D eigenvalue weighted by Crippen LogP contribution is -2.39. The number of urea groups is 1. The van der Waals surface area contributed by atoms with Crippen molar-refractivity contribution in [2.24, 2.45) is 0 Å². The second kappa shape index (κ2) is 6.98. The molecule has 0 aliphatic rings. The van der Waals surface area contributed by atoms with Gasteiger partial charge in [-0.25, -0.2) is 9.78 Å². The summed E-state index contributed by atoms with van der Waals surface area (Å²) in [5, 5.41) is 5.14. The van der Waals surface area contributed by atoms with Gasteiger partial charge in [0.05, 0.1) is 24.3 Å². The number of imide groups is 1. The van der Waals surface area contributed by atoms with Crippen molar-refractivity contribution in [3.05, 3.63) is 35.6 Å². The molecule has 0 spiro atoms. The molecule has 3 amide bonds. The first-order chi connectivity index (χ1) is 10.0. The molecule has 0 saturated carbocycles.